The lowest BCUT2D eigenvalue weighted by Gasteiger charge is -2.20. The highest BCUT2D eigenvalue weighted by molar-refractivity contribution is 7.90. The molecular weight excluding hydrogens is 288 g/mol. The molecule has 2 N–H and O–H groups in total. The van der Waals surface area contributed by atoms with Crippen LogP contribution in [0.3, 0.4) is 0 Å². The Labute approximate surface area is 127 Å². The first-order valence-corrected chi connectivity index (χ1v) is 8.98. The van der Waals surface area contributed by atoms with Crippen LogP contribution in [0.1, 0.15) is 18.9 Å². The largest absolute Gasteiger partial charge is 0.391 e. The van der Waals surface area contributed by atoms with Gasteiger partial charge in [-0.25, -0.2) is 13.1 Å². The maximum atomic E-state index is 12.0. The Hall–Kier alpha value is -0.950. The molecule has 0 bridgehead atoms. The SMILES string of the molecule is CCNS(=O)(=O)C1CCN(CC(O)Cc2ccccc2)C1. The summed E-state index contributed by atoms with van der Waals surface area (Å²) in [7, 11) is -3.21. The van der Waals surface area contributed by atoms with Gasteiger partial charge in [-0.15, -0.1) is 0 Å². The van der Waals surface area contributed by atoms with Crippen molar-refractivity contribution >= 4 is 10.0 Å². The molecule has 0 amide bonds. The van der Waals surface area contributed by atoms with E-state index in [0.29, 0.717) is 32.5 Å². The topological polar surface area (TPSA) is 69.6 Å². The predicted molar refractivity (Wildman–Crippen MR) is 83.6 cm³/mol. The molecule has 6 heteroatoms. The van der Waals surface area contributed by atoms with Gasteiger partial charge < -0.3 is 5.11 Å². The number of benzene rings is 1. The highest BCUT2D eigenvalue weighted by Crippen LogP contribution is 2.17. The third kappa shape index (κ3) is 4.78. The van der Waals surface area contributed by atoms with E-state index in [-0.39, 0.29) is 5.25 Å². The van der Waals surface area contributed by atoms with Crippen molar-refractivity contribution in [1.29, 1.82) is 0 Å². The molecule has 0 aromatic heterocycles. The molecule has 0 radical (unpaired) electrons. The van der Waals surface area contributed by atoms with Crippen LogP contribution in [-0.4, -0.2) is 56.0 Å². The van der Waals surface area contributed by atoms with Crippen molar-refractivity contribution in [2.24, 2.45) is 0 Å². The fourth-order valence-electron chi connectivity index (χ4n) is 2.78. The second-order valence-corrected chi connectivity index (χ2v) is 7.60. The van der Waals surface area contributed by atoms with Crippen molar-refractivity contribution < 1.29 is 13.5 Å². The number of aliphatic hydroxyl groups excluding tert-OH is 1. The van der Waals surface area contributed by atoms with Gasteiger partial charge in [0.25, 0.3) is 0 Å². The predicted octanol–water partition coefficient (Wildman–Crippen LogP) is 0.604. The quantitative estimate of drug-likeness (QED) is 0.774. The van der Waals surface area contributed by atoms with Crippen molar-refractivity contribution in [3.05, 3.63) is 35.9 Å². The maximum Gasteiger partial charge on any atom is 0.215 e. The molecule has 1 aromatic rings. The molecule has 1 aromatic carbocycles. The third-order valence-electron chi connectivity index (χ3n) is 3.80. The molecule has 2 atom stereocenters. The van der Waals surface area contributed by atoms with Crippen molar-refractivity contribution in [3.63, 3.8) is 0 Å². The van der Waals surface area contributed by atoms with E-state index in [2.05, 4.69) is 4.72 Å². The maximum absolute atomic E-state index is 12.0. The van der Waals surface area contributed by atoms with Gasteiger partial charge in [-0.1, -0.05) is 37.3 Å². The van der Waals surface area contributed by atoms with Crippen LogP contribution in [0.2, 0.25) is 0 Å². The number of hydrogen-bond acceptors (Lipinski definition) is 4. The average molecular weight is 312 g/mol. The van der Waals surface area contributed by atoms with Crippen LogP contribution in [0.5, 0.6) is 0 Å². The Kier molecular flexibility index (Phi) is 5.75. The molecule has 1 heterocycles. The Bertz CT molecular complexity index is 533. The van der Waals surface area contributed by atoms with Crippen molar-refractivity contribution in [1.82, 2.24) is 9.62 Å². The van der Waals surface area contributed by atoms with Crippen LogP contribution < -0.4 is 4.72 Å². The van der Waals surface area contributed by atoms with E-state index in [1.165, 1.54) is 0 Å². The number of rotatable bonds is 7. The number of nitrogens with one attached hydrogen (secondary N) is 1. The molecule has 118 valence electrons. The second kappa shape index (κ2) is 7.35. The van der Waals surface area contributed by atoms with Gasteiger partial charge in [0, 0.05) is 19.6 Å². The lowest BCUT2D eigenvalue weighted by Crippen LogP contribution is -2.38. The second-order valence-electron chi connectivity index (χ2n) is 5.56. The lowest BCUT2D eigenvalue weighted by molar-refractivity contribution is 0.125. The Morgan fingerprint density at radius 2 is 2.10 bits per heavy atom. The van der Waals surface area contributed by atoms with E-state index in [9.17, 15) is 13.5 Å². The minimum Gasteiger partial charge on any atom is -0.391 e. The van der Waals surface area contributed by atoms with Gasteiger partial charge in [0.05, 0.1) is 11.4 Å². The molecule has 5 nitrogen and oxygen atoms in total. The number of β-amino-alcohol motifs (C(OH)–C–C–N with tert-alkyl or cyclic N) is 1. The molecule has 0 aliphatic carbocycles. The number of aliphatic hydroxyl groups is 1. The van der Waals surface area contributed by atoms with Crippen LogP contribution in [0.25, 0.3) is 0 Å². The van der Waals surface area contributed by atoms with Crippen LogP contribution in [0.4, 0.5) is 0 Å². The van der Waals surface area contributed by atoms with Crippen molar-refractivity contribution in [2.75, 3.05) is 26.2 Å². The summed E-state index contributed by atoms with van der Waals surface area (Å²) >= 11 is 0. The van der Waals surface area contributed by atoms with E-state index in [1.54, 1.807) is 6.92 Å². The van der Waals surface area contributed by atoms with Gasteiger partial charge in [-0.2, -0.15) is 0 Å². The molecule has 21 heavy (non-hydrogen) atoms. The van der Waals surface area contributed by atoms with Crippen LogP contribution in [0.15, 0.2) is 30.3 Å². The van der Waals surface area contributed by atoms with E-state index < -0.39 is 16.1 Å². The molecule has 1 fully saturated rings. The van der Waals surface area contributed by atoms with E-state index in [0.717, 1.165) is 12.1 Å². The van der Waals surface area contributed by atoms with E-state index in [1.807, 2.05) is 35.2 Å². The molecule has 0 saturated carbocycles. The molecule has 1 aliphatic heterocycles. The lowest BCUT2D eigenvalue weighted by atomic mass is 10.1. The average Bonchev–Trinajstić information content (AvgIpc) is 2.89. The zero-order valence-electron chi connectivity index (χ0n) is 12.4. The third-order valence-corrected chi connectivity index (χ3v) is 5.75. The first-order chi connectivity index (χ1) is 10.0. The first-order valence-electron chi connectivity index (χ1n) is 7.44. The summed E-state index contributed by atoms with van der Waals surface area (Å²) in [4.78, 5) is 2.03. The summed E-state index contributed by atoms with van der Waals surface area (Å²) < 4.78 is 26.5. The summed E-state index contributed by atoms with van der Waals surface area (Å²) in [6.07, 6.45) is 0.767. The Morgan fingerprint density at radius 3 is 2.76 bits per heavy atom. The van der Waals surface area contributed by atoms with Gasteiger partial charge in [-0.05, 0) is 24.9 Å². The van der Waals surface area contributed by atoms with E-state index >= 15 is 0 Å². The molecule has 2 rings (SSSR count). The fraction of sp³-hybridized carbons (Fsp3) is 0.600. The van der Waals surface area contributed by atoms with Crippen LogP contribution in [0, 0.1) is 0 Å². The highest BCUT2D eigenvalue weighted by Gasteiger charge is 2.33. The van der Waals surface area contributed by atoms with Gasteiger partial charge in [0.15, 0.2) is 0 Å². The summed E-state index contributed by atoms with van der Waals surface area (Å²) in [5.74, 6) is 0. The molecule has 1 saturated heterocycles. The first kappa shape index (κ1) is 16.4. The number of sulfonamides is 1. The summed E-state index contributed by atoms with van der Waals surface area (Å²) in [5.41, 5.74) is 1.10. The number of hydrogen-bond donors (Lipinski definition) is 2. The summed E-state index contributed by atoms with van der Waals surface area (Å²) in [5, 5.41) is 9.79. The minimum absolute atomic E-state index is 0.360. The van der Waals surface area contributed by atoms with Crippen molar-refractivity contribution in [3.8, 4) is 0 Å². The minimum atomic E-state index is -3.21. The molecule has 1 aliphatic rings. The van der Waals surface area contributed by atoms with Gasteiger partial charge in [0.2, 0.25) is 10.0 Å². The van der Waals surface area contributed by atoms with Crippen LogP contribution in [-0.2, 0) is 16.4 Å². The standard InChI is InChI=1S/C15H24N2O3S/c1-2-16-21(19,20)15-8-9-17(12-15)11-14(18)10-13-6-4-3-5-7-13/h3-7,14-16,18H,2,8-12H2,1H3. The number of nitrogens with zero attached hydrogens (tertiary/aromatic N) is 1. The zero-order valence-corrected chi connectivity index (χ0v) is 13.2. The van der Waals surface area contributed by atoms with Gasteiger partial charge in [0.1, 0.15) is 0 Å². The summed E-state index contributed by atoms with van der Waals surface area (Å²) in [6.45, 7) is 3.96. The normalized spacial score (nSPS) is 21.5. The van der Waals surface area contributed by atoms with Crippen molar-refractivity contribution in [2.45, 2.75) is 31.1 Å². The summed E-state index contributed by atoms with van der Waals surface area (Å²) in [6, 6.07) is 9.84. The smallest absolute Gasteiger partial charge is 0.215 e. The van der Waals surface area contributed by atoms with Gasteiger partial charge in [-0.3, -0.25) is 4.90 Å². The highest BCUT2D eigenvalue weighted by atomic mass is 32.2. The Balaban J connectivity index is 1.82. The zero-order chi connectivity index (χ0) is 15.3. The monoisotopic (exact) mass is 312 g/mol. The number of likely N-dealkylation sites (tertiary alicyclic amines) is 1. The molecular formula is C15H24N2O3S. The fourth-order valence-corrected chi connectivity index (χ4v) is 4.24. The van der Waals surface area contributed by atoms with Gasteiger partial charge >= 0.3 is 0 Å². The molecule has 0 spiro atoms. The Morgan fingerprint density at radius 1 is 1.38 bits per heavy atom. The van der Waals surface area contributed by atoms with Crippen LogP contribution >= 0.6 is 0 Å². The van der Waals surface area contributed by atoms with E-state index in [4.69, 9.17) is 0 Å². The molecule has 2 unspecified atom stereocenters.